The molecule has 2 aliphatic rings. The molecular formula is C27H30F5N7O. The van der Waals surface area contributed by atoms with E-state index in [0.717, 1.165) is 18.2 Å². The van der Waals surface area contributed by atoms with E-state index in [0.29, 0.717) is 69.0 Å². The average molecular weight is 564 g/mol. The molecule has 2 fully saturated rings. The summed E-state index contributed by atoms with van der Waals surface area (Å²) in [4.78, 5) is 19.2. The number of ether oxygens (including phenoxy) is 1. The molecule has 2 aliphatic heterocycles. The van der Waals surface area contributed by atoms with Gasteiger partial charge in [0, 0.05) is 63.3 Å². The number of morpholine rings is 1. The van der Waals surface area contributed by atoms with Gasteiger partial charge in [-0.1, -0.05) is 0 Å². The number of anilines is 4. The maximum Gasteiger partial charge on any atom is 0.419 e. The first kappa shape index (κ1) is 28.0. The van der Waals surface area contributed by atoms with Crippen molar-refractivity contribution in [1.82, 2.24) is 19.9 Å². The van der Waals surface area contributed by atoms with Crippen molar-refractivity contribution in [2.75, 3.05) is 54.4 Å². The summed E-state index contributed by atoms with van der Waals surface area (Å²) in [6.07, 6.45) is -3.05. The zero-order valence-corrected chi connectivity index (χ0v) is 22.1. The third-order valence-electron chi connectivity index (χ3n) is 6.81. The Balaban J connectivity index is 1.38. The molecule has 2 saturated heterocycles. The third-order valence-corrected chi connectivity index (χ3v) is 6.81. The van der Waals surface area contributed by atoms with Crippen LogP contribution in [0.1, 0.15) is 25.2 Å². The van der Waals surface area contributed by atoms with Crippen LogP contribution in [0.2, 0.25) is 0 Å². The minimum atomic E-state index is -4.50. The molecule has 0 saturated carbocycles. The lowest BCUT2D eigenvalue weighted by Gasteiger charge is -2.37. The maximum atomic E-state index is 13.8. The van der Waals surface area contributed by atoms with Crippen molar-refractivity contribution < 1.29 is 26.7 Å². The Labute approximate surface area is 228 Å². The molecular weight excluding hydrogens is 533 g/mol. The van der Waals surface area contributed by atoms with E-state index in [4.69, 9.17) is 9.72 Å². The van der Waals surface area contributed by atoms with Crippen LogP contribution in [0.5, 0.6) is 0 Å². The van der Waals surface area contributed by atoms with E-state index in [1.807, 2.05) is 18.7 Å². The minimum absolute atomic E-state index is 0.0491. The number of hydrogen-bond acceptors (Lipinski definition) is 8. The molecule has 8 nitrogen and oxygen atoms in total. The van der Waals surface area contributed by atoms with E-state index in [1.54, 1.807) is 11.0 Å². The molecule has 214 valence electrons. The second-order valence-corrected chi connectivity index (χ2v) is 10.1. The molecule has 0 amide bonds. The molecule has 3 aromatic rings. The highest BCUT2D eigenvalue weighted by Gasteiger charge is 2.36. The molecule has 1 aromatic carbocycles. The monoisotopic (exact) mass is 563 g/mol. The molecule has 2 atom stereocenters. The van der Waals surface area contributed by atoms with Crippen LogP contribution in [0.4, 0.5) is 45.1 Å². The number of aromatic nitrogens is 3. The molecule has 4 heterocycles. The molecule has 0 aliphatic carbocycles. The van der Waals surface area contributed by atoms with Gasteiger partial charge in [0.15, 0.2) is 11.6 Å². The van der Waals surface area contributed by atoms with Gasteiger partial charge < -0.3 is 19.9 Å². The summed E-state index contributed by atoms with van der Waals surface area (Å²) in [6, 6.07) is 7.51. The van der Waals surface area contributed by atoms with E-state index in [1.165, 1.54) is 18.3 Å². The lowest BCUT2D eigenvalue weighted by atomic mass is 10.2. The zero-order valence-electron chi connectivity index (χ0n) is 22.1. The molecule has 13 heteroatoms. The second kappa shape index (κ2) is 11.5. The van der Waals surface area contributed by atoms with Gasteiger partial charge in [-0.05, 0) is 38.1 Å². The number of pyridine rings is 1. The van der Waals surface area contributed by atoms with Crippen molar-refractivity contribution in [3.63, 3.8) is 0 Å². The first-order chi connectivity index (χ1) is 19.0. The Bertz CT molecular complexity index is 1320. The second-order valence-electron chi connectivity index (χ2n) is 10.1. The summed E-state index contributed by atoms with van der Waals surface area (Å²) >= 11 is 0. The lowest BCUT2D eigenvalue weighted by Crippen LogP contribution is -2.48. The predicted octanol–water partition coefficient (Wildman–Crippen LogP) is 4.85. The first-order valence-corrected chi connectivity index (χ1v) is 13.0. The molecule has 0 unspecified atom stereocenters. The Hall–Kier alpha value is -3.58. The fraction of sp³-hybridized carbons (Fsp3) is 0.444. The molecule has 40 heavy (non-hydrogen) atoms. The Morgan fingerprint density at radius 3 is 2.30 bits per heavy atom. The van der Waals surface area contributed by atoms with Gasteiger partial charge in [0.05, 0.1) is 24.3 Å². The van der Waals surface area contributed by atoms with Crippen LogP contribution >= 0.6 is 0 Å². The van der Waals surface area contributed by atoms with Crippen LogP contribution in [-0.4, -0.2) is 71.3 Å². The molecule has 1 N–H and O–H groups in total. The highest BCUT2D eigenvalue weighted by atomic mass is 19.4. The average Bonchev–Trinajstić information content (AvgIpc) is 2.90. The molecule has 0 spiro atoms. The topological polar surface area (TPSA) is 69.7 Å². The summed E-state index contributed by atoms with van der Waals surface area (Å²) in [5.74, 6) is -0.526. The van der Waals surface area contributed by atoms with Crippen LogP contribution in [0.15, 0.2) is 42.6 Å². The number of piperazine rings is 1. The fourth-order valence-corrected chi connectivity index (χ4v) is 5.13. The van der Waals surface area contributed by atoms with Gasteiger partial charge in [-0.15, -0.1) is 0 Å². The van der Waals surface area contributed by atoms with Gasteiger partial charge in [-0.3, -0.25) is 4.90 Å². The number of nitrogens with zero attached hydrogens (tertiary/aromatic N) is 6. The lowest BCUT2D eigenvalue weighted by molar-refractivity contribution is -0.137. The van der Waals surface area contributed by atoms with E-state index >= 15 is 0 Å². The quantitative estimate of drug-likeness (QED) is 0.427. The summed E-state index contributed by atoms with van der Waals surface area (Å²) < 4.78 is 73.7. The van der Waals surface area contributed by atoms with Gasteiger partial charge in [0.2, 0.25) is 0 Å². The number of hydrogen-bond donors (Lipinski definition) is 1. The number of alkyl halides is 3. The maximum absolute atomic E-state index is 13.8. The van der Waals surface area contributed by atoms with E-state index in [9.17, 15) is 22.0 Å². The number of rotatable bonds is 6. The van der Waals surface area contributed by atoms with Gasteiger partial charge in [0.1, 0.15) is 23.3 Å². The summed E-state index contributed by atoms with van der Waals surface area (Å²) in [6.45, 7) is 7.28. The van der Waals surface area contributed by atoms with Crippen LogP contribution in [0.25, 0.3) is 0 Å². The Morgan fingerprint density at radius 1 is 0.925 bits per heavy atom. The molecule has 0 radical (unpaired) electrons. The highest BCUT2D eigenvalue weighted by Crippen LogP contribution is 2.35. The molecule has 2 aromatic heterocycles. The number of halogens is 5. The van der Waals surface area contributed by atoms with Crippen LogP contribution < -0.4 is 15.1 Å². The molecule has 5 rings (SSSR count). The van der Waals surface area contributed by atoms with Gasteiger partial charge in [0.25, 0.3) is 0 Å². The third kappa shape index (κ3) is 6.58. The van der Waals surface area contributed by atoms with Crippen molar-refractivity contribution in [3.8, 4) is 0 Å². The summed E-state index contributed by atoms with van der Waals surface area (Å²) in [5, 5.41) is 3.03. The normalized spacial score (nSPS) is 20.6. The van der Waals surface area contributed by atoms with E-state index in [2.05, 4.69) is 20.2 Å². The van der Waals surface area contributed by atoms with E-state index < -0.39 is 23.4 Å². The minimum Gasteiger partial charge on any atom is -0.373 e. The summed E-state index contributed by atoms with van der Waals surface area (Å²) in [5.41, 5.74) is -0.442. The fourth-order valence-electron chi connectivity index (χ4n) is 5.13. The standard InChI is InChI=1S/C27H30F5N7O/c1-17-14-37(15-18(2)40-17)16-24-35-23(34-19-5-6-21(28)22(29)12-19)13-25(36-24)38-8-10-39(11-9-38)26-20(27(30,31)32)4-3-7-33-26/h3-7,12-13,17-18H,8-11,14-16H2,1-2H3,(H,34,35,36)/t17-,18+. The highest BCUT2D eigenvalue weighted by molar-refractivity contribution is 5.60. The number of benzene rings is 1. The van der Waals surface area contributed by atoms with Crippen molar-refractivity contribution in [2.24, 2.45) is 0 Å². The molecule has 0 bridgehead atoms. The number of nitrogens with one attached hydrogen (secondary N) is 1. The first-order valence-electron chi connectivity index (χ1n) is 13.0. The Kier molecular flexibility index (Phi) is 8.04. The van der Waals surface area contributed by atoms with Crippen LogP contribution in [0, 0.1) is 11.6 Å². The van der Waals surface area contributed by atoms with Crippen molar-refractivity contribution in [2.45, 2.75) is 38.8 Å². The van der Waals surface area contributed by atoms with Gasteiger partial charge >= 0.3 is 6.18 Å². The smallest absolute Gasteiger partial charge is 0.373 e. The zero-order chi connectivity index (χ0) is 28.4. The van der Waals surface area contributed by atoms with Crippen LogP contribution in [0.3, 0.4) is 0 Å². The van der Waals surface area contributed by atoms with Crippen molar-refractivity contribution >= 4 is 23.1 Å². The SMILES string of the molecule is C[C@@H]1CN(Cc2nc(Nc3ccc(F)c(F)c3)cc(N3CCN(c4ncccc4C(F)(F)F)CC3)n2)C[C@H](C)O1. The van der Waals surface area contributed by atoms with Crippen molar-refractivity contribution in [1.29, 1.82) is 0 Å². The largest absolute Gasteiger partial charge is 0.419 e. The van der Waals surface area contributed by atoms with Crippen LogP contribution in [-0.2, 0) is 17.5 Å². The predicted molar refractivity (Wildman–Crippen MR) is 141 cm³/mol. The summed E-state index contributed by atoms with van der Waals surface area (Å²) in [7, 11) is 0. The van der Waals surface area contributed by atoms with Crippen molar-refractivity contribution in [3.05, 3.63) is 65.6 Å². The van der Waals surface area contributed by atoms with Gasteiger partial charge in [-0.2, -0.15) is 13.2 Å². The Morgan fingerprint density at radius 2 is 1.62 bits per heavy atom. The van der Waals surface area contributed by atoms with E-state index in [-0.39, 0.29) is 18.0 Å². The van der Waals surface area contributed by atoms with Gasteiger partial charge in [-0.25, -0.2) is 23.7 Å².